The summed E-state index contributed by atoms with van der Waals surface area (Å²) in [5.41, 5.74) is 2.00. The van der Waals surface area contributed by atoms with Crippen LogP contribution < -0.4 is 9.64 Å². The Morgan fingerprint density at radius 3 is 2.63 bits per heavy atom. The monoisotopic (exact) mass is 362 g/mol. The van der Waals surface area contributed by atoms with Crippen molar-refractivity contribution in [2.24, 2.45) is 0 Å². The number of pyridine rings is 1. The van der Waals surface area contributed by atoms with Gasteiger partial charge in [-0.15, -0.1) is 0 Å². The lowest BCUT2D eigenvalue weighted by atomic mass is 10.1. The molecule has 0 spiro atoms. The van der Waals surface area contributed by atoms with Gasteiger partial charge in [-0.3, -0.25) is 10.1 Å². The molecule has 0 unspecified atom stereocenters. The van der Waals surface area contributed by atoms with Crippen molar-refractivity contribution in [2.45, 2.75) is 6.92 Å². The maximum absolute atomic E-state index is 11.0. The molecule has 1 heterocycles. The largest absolute Gasteiger partial charge is 0.492 e. The number of fused-ring (bicyclic) bond motifs is 1. The number of nitro benzene ring substituents is 1. The molecule has 2 aromatic carbocycles. The van der Waals surface area contributed by atoms with Gasteiger partial charge >= 0.3 is 0 Å². The Hall–Kier alpha value is -3.66. The van der Waals surface area contributed by atoms with Gasteiger partial charge in [0.2, 0.25) is 0 Å². The van der Waals surface area contributed by atoms with Crippen molar-refractivity contribution in [3.63, 3.8) is 0 Å². The maximum atomic E-state index is 11.0. The fraction of sp³-hybridized carbons (Fsp3) is 0.200. The highest BCUT2D eigenvalue weighted by Gasteiger charge is 2.13. The molecule has 0 N–H and O–H groups in total. The number of nitro groups is 1. The second-order valence-corrected chi connectivity index (χ2v) is 6.18. The van der Waals surface area contributed by atoms with Crippen LogP contribution in [0.15, 0.2) is 48.5 Å². The highest BCUT2D eigenvalue weighted by molar-refractivity contribution is 5.88. The number of likely N-dealkylation sites (N-methyl/N-ethyl adjacent to an activating group) is 1. The van der Waals surface area contributed by atoms with Crippen LogP contribution >= 0.6 is 0 Å². The highest BCUT2D eigenvalue weighted by atomic mass is 16.6. The zero-order chi connectivity index (χ0) is 19.4. The number of non-ortho nitro benzene ring substituents is 1. The maximum Gasteiger partial charge on any atom is 0.270 e. The number of nitrogens with zero attached hydrogens (tertiary/aromatic N) is 4. The van der Waals surface area contributed by atoms with E-state index in [0.717, 1.165) is 5.75 Å². The number of hydrogen-bond donors (Lipinski definition) is 0. The van der Waals surface area contributed by atoms with Gasteiger partial charge in [-0.25, -0.2) is 4.98 Å². The number of rotatable bonds is 6. The van der Waals surface area contributed by atoms with Crippen molar-refractivity contribution in [1.82, 2.24) is 4.98 Å². The molecule has 7 heteroatoms. The Morgan fingerprint density at radius 2 is 1.96 bits per heavy atom. The van der Waals surface area contributed by atoms with Crippen LogP contribution in [0.25, 0.3) is 10.9 Å². The average molecular weight is 362 g/mol. The predicted octanol–water partition coefficient (Wildman–Crippen LogP) is 3.84. The molecular formula is C20H18N4O3. The third kappa shape index (κ3) is 4.12. The minimum absolute atomic E-state index is 0.0617. The summed E-state index contributed by atoms with van der Waals surface area (Å²) in [6.07, 6.45) is 0. The van der Waals surface area contributed by atoms with Crippen LogP contribution in [0.2, 0.25) is 0 Å². The quantitative estimate of drug-likeness (QED) is 0.489. The molecule has 0 aliphatic rings. The van der Waals surface area contributed by atoms with Crippen LogP contribution in [0.3, 0.4) is 0 Å². The summed E-state index contributed by atoms with van der Waals surface area (Å²) >= 11 is 0. The van der Waals surface area contributed by atoms with Crippen molar-refractivity contribution in [2.75, 3.05) is 25.1 Å². The lowest BCUT2D eigenvalue weighted by molar-refractivity contribution is -0.384. The molecule has 136 valence electrons. The summed E-state index contributed by atoms with van der Waals surface area (Å²) in [4.78, 5) is 16.9. The van der Waals surface area contributed by atoms with E-state index in [2.05, 4.69) is 11.1 Å². The molecule has 0 bridgehead atoms. The van der Waals surface area contributed by atoms with Gasteiger partial charge in [-0.05, 0) is 31.2 Å². The molecule has 0 atom stereocenters. The molecule has 0 radical (unpaired) electrons. The lowest BCUT2D eigenvalue weighted by Crippen LogP contribution is -2.24. The van der Waals surface area contributed by atoms with Crippen molar-refractivity contribution in [3.8, 4) is 11.8 Å². The minimum Gasteiger partial charge on any atom is -0.492 e. The van der Waals surface area contributed by atoms with Gasteiger partial charge in [-0.1, -0.05) is 17.7 Å². The first-order valence-corrected chi connectivity index (χ1v) is 8.38. The summed E-state index contributed by atoms with van der Waals surface area (Å²) in [5.74, 6) is 1.41. The Balaban J connectivity index is 1.77. The van der Waals surface area contributed by atoms with Crippen molar-refractivity contribution >= 4 is 22.4 Å². The molecule has 0 amide bonds. The van der Waals surface area contributed by atoms with Crippen LogP contribution in [0, 0.1) is 28.4 Å². The Labute approximate surface area is 156 Å². The number of aromatic nitrogens is 1. The molecular weight excluding hydrogens is 344 g/mol. The Morgan fingerprint density at radius 1 is 1.22 bits per heavy atom. The van der Waals surface area contributed by atoms with E-state index < -0.39 is 4.92 Å². The summed E-state index contributed by atoms with van der Waals surface area (Å²) in [7, 11) is 1.86. The molecule has 1 aromatic heterocycles. The molecule has 0 aliphatic heterocycles. The van der Waals surface area contributed by atoms with Crippen LogP contribution in [-0.4, -0.2) is 30.1 Å². The van der Waals surface area contributed by atoms with Gasteiger partial charge in [0, 0.05) is 24.6 Å². The summed E-state index contributed by atoms with van der Waals surface area (Å²) in [5, 5.41) is 20.9. The van der Waals surface area contributed by atoms with Crippen LogP contribution in [0.1, 0.15) is 11.1 Å². The van der Waals surface area contributed by atoms with Crippen LogP contribution in [-0.2, 0) is 0 Å². The highest BCUT2D eigenvalue weighted by Crippen LogP contribution is 2.26. The van der Waals surface area contributed by atoms with E-state index in [1.807, 2.05) is 43.1 Å². The zero-order valence-corrected chi connectivity index (χ0v) is 15.0. The van der Waals surface area contributed by atoms with E-state index in [0.29, 0.717) is 35.4 Å². The number of hydrogen-bond acceptors (Lipinski definition) is 6. The third-order valence-electron chi connectivity index (χ3n) is 4.22. The van der Waals surface area contributed by atoms with E-state index in [4.69, 9.17) is 4.74 Å². The van der Waals surface area contributed by atoms with E-state index in [1.165, 1.54) is 17.7 Å². The van der Waals surface area contributed by atoms with Gasteiger partial charge in [0.25, 0.3) is 5.69 Å². The van der Waals surface area contributed by atoms with Crippen LogP contribution in [0.4, 0.5) is 11.5 Å². The third-order valence-corrected chi connectivity index (χ3v) is 4.22. The first-order chi connectivity index (χ1) is 13.0. The van der Waals surface area contributed by atoms with E-state index in [-0.39, 0.29) is 5.69 Å². The van der Waals surface area contributed by atoms with E-state index in [1.54, 1.807) is 12.1 Å². The molecule has 0 fully saturated rings. The molecule has 7 nitrogen and oxygen atoms in total. The molecule has 0 saturated heterocycles. The fourth-order valence-corrected chi connectivity index (χ4v) is 2.65. The second kappa shape index (κ2) is 7.70. The van der Waals surface area contributed by atoms with Crippen molar-refractivity contribution < 1.29 is 9.66 Å². The lowest BCUT2D eigenvalue weighted by Gasteiger charge is -2.19. The molecule has 27 heavy (non-hydrogen) atoms. The van der Waals surface area contributed by atoms with Crippen LogP contribution in [0.5, 0.6) is 5.75 Å². The first-order valence-electron chi connectivity index (χ1n) is 8.38. The van der Waals surface area contributed by atoms with Crippen molar-refractivity contribution in [3.05, 3.63) is 69.8 Å². The number of nitriles is 1. The summed E-state index contributed by atoms with van der Waals surface area (Å²) in [6, 6.07) is 15.9. The van der Waals surface area contributed by atoms with E-state index in [9.17, 15) is 15.4 Å². The predicted molar refractivity (Wildman–Crippen MR) is 103 cm³/mol. The summed E-state index contributed by atoms with van der Waals surface area (Å²) < 4.78 is 5.73. The van der Waals surface area contributed by atoms with E-state index >= 15 is 0 Å². The van der Waals surface area contributed by atoms with Gasteiger partial charge < -0.3 is 9.64 Å². The van der Waals surface area contributed by atoms with Gasteiger partial charge in [0.15, 0.2) is 0 Å². The Kier molecular flexibility index (Phi) is 5.18. The minimum atomic E-state index is -0.483. The molecule has 0 saturated carbocycles. The average Bonchev–Trinajstić information content (AvgIpc) is 2.68. The number of benzene rings is 2. The number of ether oxygens (including phenoxy) is 1. The normalized spacial score (nSPS) is 10.4. The molecule has 3 rings (SSSR count). The molecule has 0 aliphatic carbocycles. The molecule has 3 aromatic rings. The van der Waals surface area contributed by atoms with Gasteiger partial charge in [-0.2, -0.15) is 5.26 Å². The Bertz CT molecular complexity index is 1030. The number of aryl methyl sites for hydroxylation is 1. The zero-order valence-electron chi connectivity index (χ0n) is 15.0. The number of anilines is 1. The van der Waals surface area contributed by atoms with Crippen molar-refractivity contribution in [1.29, 1.82) is 5.26 Å². The van der Waals surface area contributed by atoms with Gasteiger partial charge in [0.05, 0.1) is 28.6 Å². The smallest absolute Gasteiger partial charge is 0.270 e. The topological polar surface area (TPSA) is 92.3 Å². The SMILES string of the molecule is Cc1ccc(OCCN(C)c2cc(C#N)c3cc([N+](=O)[O-])ccc3n2)cc1. The first kappa shape index (κ1) is 18.1. The fourth-order valence-electron chi connectivity index (χ4n) is 2.65. The van der Waals surface area contributed by atoms with Gasteiger partial charge in [0.1, 0.15) is 18.2 Å². The standard InChI is InChI=1S/C20H18N4O3/c1-14-3-6-17(7-4-14)27-10-9-23(2)20-11-15(13-21)18-12-16(24(25)26)5-8-19(18)22-20/h3-8,11-12H,9-10H2,1-2H3. The second-order valence-electron chi connectivity index (χ2n) is 6.18. The summed E-state index contributed by atoms with van der Waals surface area (Å²) in [6.45, 7) is 3.05.